The van der Waals surface area contributed by atoms with Crippen LogP contribution in [0.15, 0.2) is 36.4 Å². The molecule has 0 bridgehead atoms. The Morgan fingerprint density at radius 3 is 2.26 bits per heavy atom. The van der Waals surface area contributed by atoms with Crippen LogP contribution >= 0.6 is 0 Å². The smallest absolute Gasteiger partial charge is 0.306 e. The Morgan fingerprint density at radius 2 is 1.56 bits per heavy atom. The van der Waals surface area contributed by atoms with Gasteiger partial charge >= 0.3 is 5.97 Å². The van der Waals surface area contributed by atoms with E-state index in [1.807, 2.05) is 58.0 Å². The fraction of sp³-hybridized carbons (Fsp3) is 0.318. The third kappa shape index (κ3) is 6.06. The van der Waals surface area contributed by atoms with Crippen LogP contribution in [-0.4, -0.2) is 24.3 Å². The third-order valence-electron chi connectivity index (χ3n) is 4.40. The van der Waals surface area contributed by atoms with Crippen molar-refractivity contribution in [3.8, 4) is 0 Å². The van der Waals surface area contributed by atoms with E-state index in [4.69, 9.17) is 4.74 Å². The van der Waals surface area contributed by atoms with Crippen molar-refractivity contribution in [1.82, 2.24) is 0 Å². The molecule has 2 rings (SSSR count). The minimum absolute atomic E-state index is 0.0524. The van der Waals surface area contributed by atoms with Crippen molar-refractivity contribution in [2.75, 3.05) is 11.9 Å². The summed E-state index contributed by atoms with van der Waals surface area (Å²) in [5.41, 5.74) is 5.35. The fourth-order valence-electron chi connectivity index (χ4n) is 2.62. The lowest BCUT2D eigenvalue weighted by Crippen LogP contribution is -2.21. The molecule has 0 aliphatic rings. The highest BCUT2D eigenvalue weighted by molar-refractivity contribution is 5.99. The first kappa shape index (κ1) is 20.4. The molecule has 0 saturated carbocycles. The monoisotopic (exact) mass is 367 g/mol. The molecule has 0 aliphatic carbocycles. The molecule has 1 N–H and O–H groups in total. The first-order valence-corrected chi connectivity index (χ1v) is 8.89. The summed E-state index contributed by atoms with van der Waals surface area (Å²) in [6.07, 6.45) is 0.00500. The summed E-state index contributed by atoms with van der Waals surface area (Å²) in [6.45, 7) is 7.35. The number of Topliss-reactive ketones (excluding diaryl/α,β-unsaturated/α-hetero) is 1. The molecule has 0 fully saturated rings. The Balaban J connectivity index is 1.78. The van der Waals surface area contributed by atoms with E-state index >= 15 is 0 Å². The van der Waals surface area contributed by atoms with Gasteiger partial charge in [0.1, 0.15) is 0 Å². The Kier molecular flexibility index (Phi) is 6.88. The molecule has 5 heteroatoms. The lowest BCUT2D eigenvalue weighted by molar-refractivity contribution is -0.147. The van der Waals surface area contributed by atoms with Gasteiger partial charge < -0.3 is 10.1 Å². The number of ether oxygens (including phenoxy) is 1. The molecule has 0 atom stereocenters. The molecular formula is C22H25NO4. The van der Waals surface area contributed by atoms with Crippen molar-refractivity contribution < 1.29 is 19.1 Å². The Morgan fingerprint density at radius 1 is 0.852 bits per heavy atom. The van der Waals surface area contributed by atoms with Crippen LogP contribution in [0.2, 0.25) is 0 Å². The number of amides is 1. The third-order valence-corrected chi connectivity index (χ3v) is 4.40. The molecule has 142 valence electrons. The van der Waals surface area contributed by atoms with Gasteiger partial charge in [-0.15, -0.1) is 0 Å². The summed E-state index contributed by atoms with van der Waals surface area (Å²) < 4.78 is 4.97. The van der Waals surface area contributed by atoms with Gasteiger partial charge in [-0.05, 0) is 62.6 Å². The summed E-state index contributed by atoms with van der Waals surface area (Å²) in [6, 6.07) is 11.2. The van der Waals surface area contributed by atoms with Gasteiger partial charge in [0.15, 0.2) is 12.4 Å². The summed E-state index contributed by atoms with van der Waals surface area (Å²) in [7, 11) is 0. The number of carbonyl (C=O) groups is 3. The normalized spacial score (nSPS) is 10.4. The minimum atomic E-state index is -0.566. The second kappa shape index (κ2) is 9.12. The number of aryl methyl sites for hydroxylation is 4. The number of anilines is 1. The number of hydrogen-bond acceptors (Lipinski definition) is 4. The van der Waals surface area contributed by atoms with Gasteiger partial charge in [0, 0.05) is 17.7 Å². The van der Waals surface area contributed by atoms with Crippen LogP contribution in [0.3, 0.4) is 0 Å². The van der Waals surface area contributed by atoms with Gasteiger partial charge in [-0.1, -0.05) is 23.8 Å². The van der Waals surface area contributed by atoms with E-state index in [-0.39, 0.29) is 25.2 Å². The zero-order chi connectivity index (χ0) is 20.0. The zero-order valence-corrected chi connectivity index (χ0v) is 16.2. The molecule has 1 amide bonds. The van der Waals surface area contributed by atoms with E-state index in [0.717, 1.165) is 22.3 Å². The van der Waals surface area contributed by atoms with Crippen molar-refractivity contribution >= 4 is 23.3 Å². The first-order chi connectivity index (χ1) is 12.8. The van der Waals surface area contributed by atoms with Crippen LogP contribution < -0.4 is 5.32 Å². The number of hydrogen-bond donors (Lipinski definition) is 1. The van der Waals surface area contributed by atoms with Crippen molar-refractivity contribution in [1.29, 1.82) is 0 Å². The molecule has 0 aliphatic heterocycles. The van der Waals surface area contributed by atoms with E-state index in [2.05, 4.69) is 5.32 Å². The maximum Gasteiger partial charge on any atom is 0.306 e. The Hall–Kier alpha value is -2.95. The SMILES string of the molecule is Cc1ccc(C)c(C(=O)CCC(=O)OCC(=O)Nc2ccc(C)c(C)c2)c1. The van der Waals surface area contributed by atoms with Crippen molar-refractivity contribution in [2.24, 2.45) is 0 Å². The second-order valence-electron chi connectivity index (χ2n) is 6.75. The Labute approximate surface area is 159 Å². The average molecular weight is 367 g/mol. The van der Waals surface area contributed by atoms with E-state index in [9.17, 15) is 14.4 Å². The molecule has 0 saturated heterocycles. The standard InChI is InChI=1S/C22H25NO4/c1-14-5-6-16(3)19(11-14)20(24)9-10-22(26)27-13-21(25)23-18-8-7-15(2)17(4)12-18/h5-8,11-12H,9-10,13H2,1-4H3,(H,23,25). The van der Waals surface area contributed by atoms with Crippen LogP contribution in [0.1, 0.15) is 45.5 Å². The highest BCUT2D eigenvalue weighted by Crippen LogP contribution is 2.15. The van der Waals surface area contributed by atoms with E-state index in [0.29, 0.717) is 11.3 Å². The molecule has 27 heavy (non-hydrogen) atoms. The van der Waals surface area contributed by atoms with Crippen molar-refractivity contribution in [3.63, 3.8) is 0 Å². The molecule has 0 aromatic heterocycles. The summed E-state index contributed by atoms with van der Waals surface area (Å²) in [5.74, 6) is -1.08. The number of rotatable bonds is 7. The molecule has 5 nitrogen and oxygen atoms in total. The average Bonchev–Trinajstić information content (AvgIpc) is 2.63. The van der Waals surface area contributed by atoms with Gasteiger partial charge in [0.2, 0.25) is 0 Å². The molecule has 2 aromatic rings. The van der Waals surface area contributed by atoms with Gasteiger partial charge in [-0.2, -0.15) is 0 Å². The summed E-state index contributed by atoms with van der Waals surface area (Å²) in [4.78, 5) is 36.0. The molecule has 0 radical (unpaired) electrons. The number of carbonyl (C=O) groups excluding carboxylic acids is 3. The van der Waals surface area contributed by atoms with Gasteiger partial charge in [0.25, 0.3) is 5.91 Å². The largest absolute Gasteiger partial charge is 0.456 e. The lowest BCUT2D eigenvalue weighted by atomic mass is 9.99. The molecular weight excluding hydrogens is 342 g/mol. The number of ketones is 1. The number of esters is 1. The van der Waals surface area contributed by atoms with Crippen molar-refractivity contribution in [2.45, 2.75) is 40.5 Å². The fourth-order valence-corrected chi connectivity index (χ4v) is 2.62. The van der Waals surface area contributed by atoms with E-state index in [1.165, 1.54) is 0 Å². The van der Waals surface area contributed by atoms with Crippen molar-refractivity contribution in [3.05, 3.63) is 64.2 Å². The summed E-state index contributed by atoms with van der Waals surface area (Å²) in [5, 5.41) is 2.69. The van der Waals surface area contributed by atoms with Crippen LogP contribution in [-0.2, 0) is 14.3 Å². The highest BCUT2D eigenvalue weighted by atomic mass is 16.5. The number of nitrogens with one attached hydrogen (secondary N) is 1. The highest BCUT2D eigenvalue weighted by Gasteiger charge is 2.14. The van der Waals surface area contributed by atoms with Gasteiger partial charge in [0.05, 0.1) is 6.42 Å². The first-order valence-electron chi connectivity index (χ1n) is 8.89. The molecule has 0 heterocycles. The quantitative estimate of drug-likeness (QED) is 0.591. The summed E-state index contributed by atoms with van der Waals surface area (Å²) >= 11 is 0. The van der Waals surface area contributed by atoms with Crippen LogP contribution in [0.5, 0.6) is 0 Å². The van der Waals surface area contributed by atoms with E-state index < -0.39 is 11.9 Å². The zero-order valence-electron chi connectivity index (χ0n) is 16.2. The maximum absolute atomic E-state index is 12.3. The van der Waals surface area contributed by atoms with Crippen LogP contribution in [0.25, 0.3) is 0 Å². The van der Waals surface area contributed by atoms with Crippen LogP contribution in [0.4, 0.5) is 5.69 Å². The van der Waals surface area contributed by atoms with E-state index in [1.54, 1.807) is 6.07 Å². The second-order valence-corrected chi connectivity index (χ2v) is 6.75. The number of benzene rings is 2. The molecule has 2 aromatic carbocycles. The molecule has 0 spiro atoms. The Bertz CT molecular complexity index is 871. The molecule has 0 unspecified atom stereocenters. The maximum atomic E-state index is 12.3. The predicted octanol–water partition coefficient (Wildman–Crippen LogP) is 4.07. The lowest BCUT2D eigenvalue weighted by Gasteiger charge is -2.09. The van der Waals surface area contributed by atoms with Gasteiger partial charge in [-0.3, -0.25) is 14.4 Å². The topological polar surface area (TPSA) is 72.5 Å². The predicted molar refractivity (Wildman–Crippen MR) is 105 cm³/mol. The minimum Gasteiger partial charge on any atom is -0.456 e. The van der Waals surface area contributed by atoms with Gasteiger partial charge in [-0.25, -0.2) is 0 Å². The van der Waals surface area contributed by atoms with Crippen LogP contribution in [0, 0.1) is 27.7 Å².